The molecule has 1 aromatic carbocycles. The molecular weight excluding hydrogens is 356 g/mol. The maximum Gasteiger partial charge on any atom is 0.257 e. The SMILES string of the molecule is CCNC(=O)COc1ccc(CNC(=NC)NCC2(CC)CCC2)cc1OC. The summed E-state index contributed by atoms with van der Waals surface area (Å²) < 4.78 is 11.0. The molecule has 1 amide bonds. The molecule has 1 aliphatic rings. The lowest BCUT2D eigenvalue weighted by molar-refractivity contribution is -0.123. The highest BCUT2D eigenvalue weighted by Crippen LogP contribution is 2.43. The van der Waals surface area contributed by atoms with Crippen LogP contribution in [0.2, 0.25) is 0 Å². The number of carbonyl (C=O) groups excluding carboxylic acids is 1. The quantitative estimate of drug-likeness (QED) is 0.422. The lowest BCUT2D eigenvalue weighted by Crippen LogP contribution is -2.46. The molecule has 0 radical (unpaired) electrons. The second kappa shape index (κ2) is 10.8. The molecule has 1 fully saturated rings. The van der Waals surface area contributed by atoms with Crippen LogP contribution < -0.4 is 25.4 Å². The van der Waals surface area contributed by atoms with Gasteiger partial charge in [-0.1, -0.05) is 19.4 Å². The Hall–Kier alpha value is -2.44. The van der Waals surface area contributed by atoms with Crippen molar-refractivity contribution in [2.75, 3.05) is 33.9 Å². The number of guanidine groups is 1. The number of ether oxygens (including phenoxy) is 2. The number of amides is 1. The van der Waals surface area contributed by atoms with Crippen molar-refractivity contribution in [3.8, 4) is 11.5 Å². The monoisotopic (exact) mass is 390 g/mol. The fourth-order valence-corrected chi connectivity index (χ4v) is 3.34. The van der Waals surface area contributed by atoms with E-state index in [1.165, 1.54) is 25.7 Å². The van der Waals surface area contributed by atoms with E-state index in [0.29, 0.717) is 30.0 Å². The average molecular weight is 391 g/mol. The van der Waals surface area contributed by atoms with Gasteiger partial charge in [-0.15, -0.1) is 0 Å². The molecule has 28 heavy (non-hydrogen) atoms. The van der Waals surface area contributed by atoms with E-state index in [4.69, 9.17) is 9.47 Å². The Morgan fingerprint density at radius 2 is 1.96 bits per heavy atom. The van der Waals surface area contributed by atoms with Gasteiger partial charge in [0, 0.05) is 26.7 Å². The molecule has 0 heterocycles. The predicted octanol–water partition coefficient (Wildman–Crippen LogP) is 2.46. The van der Waals surface area contributed by atoms with Gasteiger partial charge < -0.3 is 25.4 Å². The molecule has 0 spiro atoms. The first-order chi connectivity index (χ1) is 13.6. The summed E-state index contributed by atoms with van der Waals surface area (Å²) in [6.07, 6.45) is 5.12. The van der Waals surface area contributed by atoms with Crippen molar-refractivity contribution in [1.29, 1.82) is 0 Å². The van der Waals surface area contributed by atoms with Crippen LogP contribution >= 0.6 is 0 Å². The van der Waals surface area contributed by atoms with Crippen molar-refractivity contribution in [2.45, 2.75) is 46.1 Å². The smallest absolute Gasteiger partial charge is 0.257 e. The maximum absolute atomic E-state index is 11.6. The topological polar surface area (TPSA) is 84.0 Å². The van der Waals surface area contributed by atoms with Crippen molar-refractivity contribution in [1.82, 2.24) is 16.0 Å². The van der Waals surface area contributed by atoms with E-state index in [1.54, 1.807) is 14.2 Å². The van der Waals surface area contributed by atoms with E-state index in [0.717, 1.165) is 18.1 Å². The highest BCUT2D eigenvalue weighted by Gasteiger charge is 2.34. The zero-order valence-corrected chi connectivity index (χ0v) is 17.6. The van der Waals surface area contributed by atoms with Crippen molar-refractivity contribution in [3.05, 3.63) is 23.8 Å². The zero-order chi connectivity index (χ0) is 20.4. The molecule has 1 saturated carbocycles. The Kier molecular flexibility index (Phi) is 8.42. The van der Waals surface area contributed by atoms with Crippen LogP contribution in [0.4, 0.5) is 0 Å². The summed E-state index contributed by atoms with van der Waals surface area (Å²) in [5, 5.41) is 9.51. The number of hydrogen-bond donors (Lipinski definition) is 3. The van der Waals surface area contributed by atoms with Gasteiger partial charge in [0.05, 0.1) is 7.11 Å². The first-order valence-electron chi connectivity index (χ1n) is 10.1. The van der Waals surface area contributed by atoms with Gasteiger partial charge in [0.25, 0.3) is 5.91 Å². The molecule has 7 heteroatoms. The minimum atomic E-state index is -0.151. The largest absolute Gasteiger partial charge is 0.493 e. The van der Waals surface area contributed by atoms with E-state index < -0.39 is 0 Å². The summed E-state index contributed by atoms with van der Waals surface area (Å²) in [5.41, 5.74) is 1.48. The minimum absolute atomic E-state index is 0.0302. The summed E-state index contributed by atoms with van der Waals surface area (Å²) in [4.78, 5) is 15.9. The van der Waals surface area contributed by atoms with Crippen LogP contribution in [-0.2, 0) is 11.3 Å². The minimum Gasteiger partial charge on any atom is -0.493 e. The van der Waals surface area contributed by atoms with Crippen molar-refractivity contribution in [3.63, 3.8) is 0 Å². The molecule has 1 aliphatic carbocycles. The van der Waals surface area contributed by atoms with Crippen LogP contribution in [0.15, 0.2) is 23.2 Å². The second-order valence-electron chi connectivity index (χ2n) is 7.21. The summed E-state index contributed by atoms with van der Waals surface area (Å²) in [7, 11) is 3.38. The molecule has 0 atom stereocenters. The van der Waals surface area contributed by atoms with E-state index in [-0.39, 0.29) is 12.5 Å². The number of benzene rings is 1. The van der Waals surface area contributed by atoms with Gasteiger partial charge in [-0.25, -0.2) is 0 Å². The third kappa shape index (κ3) is 6.04. The highest BCUT2D eigenvalue weighted by atomic mass is 16.5. The average Bonchev–Trinajstić information content (AvgIpc) is 2.68. The number of aliphatic imine (C=N–C) groups is 1. The van der Waals surface area contributed by atoms with Crippen molar-refractivity contribution < 1.29 is 14.3 Å². The van der Waals surface area contributed by atoms with Crippen LogP contribution in [-0.4, -0.2) is 45.7 Å². The number of hydrogen-bond acceptors (Lipinski definition) is 4. The molecule has 2 rings (SSSR count). The van der Waals surface area contributed by atoms with Crippen LogP contribution in [0.3, 0.4) is 0 Å². The first kappa shape index (κ1) is 21.9. The third-order valence-electron chi connectivity index (χ3n) is 5.44. The Morgan fingerprint density at radius 1 is 1.18 bits per heavy atom. The molecule has 0 bridgehead atoms. The third-order valence-corrected chi connectivity index (χ3v) is 5.44. The van der Waals surface area contributed by atoms with Gasteiger partial charge in [-0.05, 0) is 49.3 Å². The van der Waals surface area contributed by atoms with Gasteiger partial charge in [0.2, 0.25) is 0 Å². The fourth-order valence-electron chi connectivity index (χ4n) is 3.34. The van der Waals surface area contributed by atoms with Crippen LogP contribution in [0.1, 0.15) is 45.1 Å². The van der Waals surface area contributed by atoms with Gasteiger partial charge in [-0.3, -0.25) is 9.79 Å². The Labute approximate surface area is 168 Å². The number of nitrogens with zero attached hydrogens (tertiary/aromatic N) is 1. The van der Waals surface area contributed by atoms with Gasteiger partial charge in [-0.2, -0.15) is 0 Å². The number of nitrogens with one attached hydrogen (secondary N) is 3. The Morgan fingerprint density at radius 3 is 2.54 bits per heavy atom. The number of carbonyl (C=O) groups is 1. The molecule has 0 aromatic heterocycles. The molecular formula is C21H34N4O3. The number of methoxy groups -OCH3 is 1. The summed E-state index contributed by atoms with van der Waals surface area (Å²) in [5.74, 6) is 1.80. The van der Waals surface area contributed by atoms with E-state index in [2.05, 4.69) is 27.9 Å². The molecule has 0 saturated heterocycles. The van der Waals surface area contributed by atoms with E-state index in [1.807, 2.05) is 25.1 Å². The van der Waals surface area contributed by atoms with Crippen molar-refractivity contribution in [2.24, 2.45) is 10.4 Å². The second-order valence-corrected chi connectivity index (χ2v) is 7.21. The lowest BCUT2D eigenvalue weighted by Gasteiger charge is -2.41. The summed E-state index contributed by atoms with van der Waals surface area (Å²) >= 11 is 0. The fraction of sp³-hybridized carbons (Fsp3) is 0.619. The van der Waals surface area contributed by atoms with Crippen molar-refractivity contribution >= 4 is 11.9 Å². The zero-order valence-electron chi connectivity index (χ0n) is 17.6. The number of rotatable bonds is 10. The normalized spacial score (nSPS) is 15.4. The molecule has 156 valence electrons. The highest BCUT2D eigenvalue weighted by molar-refractivity contribution is 5.79. The molecule has 0 aliphatic heterocycles. The van der Waals surface area contributed by atoms with E-state index >= 15 is 0 Å². The number of likely N-dealkylation sites (N-methyl/N-ethyl adjacent to an activating group) is 1. The molecule has 0 unspecified atom stereocenters. The molecule has 1 aromatic rings. The molecule has 7 nitrogen and oxygen atoms in total. The summed E-state index contributed by atoms with van der Waals surface area (Å²) in [6, 6.07) is 5.69. The summed E-state index contributed by atoms with van der Waals surface area (Å²) in [6.45, 7) is 6.26. The van der Waals surface area contributed by atoms with Crippen LogP contribution in [0.25, 0.3) is 0 Å². The lowest BCUT2D eigenvalue weighted by atomic mass is 9.67. The van der Waals surface area contributed by atoms with Gasteiger partial charge in [0.15, 0.2) is 24.1 Å². The maximum atomic E-state index is 11.6. The standard InChI is InChI=1S/C21H34N4O3/c1-5-21(10-7-11-21)15-25-20(22-3)24-13-16-8-9-17(18(12-16)27-4)28-14-19(26)23-6-2/h8-9,12H,5-7,10-11,13-15H2,1-4H3,(H,23,26)(H2,22,24,25). The predicted molar refractivity (Wildman–Crippen MR) is 112 cm³/mol. The molecule has 3 N–H and O–H groups in total. The Balaban J connectivity index is 1.87. The van der Waals surface area contributed by atoms with Gasteiger partial charge in [0.1, 0.15) is 0 Å². The van der Waals surface area contributed by atoms with Gasteiger partial charge >= 0.3 is 0 Å². The Bertz CT molecular complexity index is 666. The van der Waals surface area contributed by atoms with Crippen LogP contribution in [0.5, 0.6) is 11.5 Å². The van der Waals surface area contributed by atoms with E-state index in [9.17, 15) is 4.79 Å². The van der Waals surface area contributed by atoms with Crippen LogP contribution in [0, 0.1) is 5.41 Å². The first-order valence-corrected chi connectivity index (χ1v) is 10.1.